The van der Waals surface area contributed by atoms with Gasteiger partial charge in [0.25, 0.3) is 5.69 Å². The van der Waals surface area contributed by atoms with Crippen molar-refractivity contribution in [2.45, 2.75) is 0 Å². The zero-order valence-corrected chi connectivity index (χ0v) is 12.5. The largest absolute Gasteiger partial charge is 0.287 e. The number of para-hydroxylation sites is 2. The van der Waals surface area contributed by atoms with Gasteiger partial charge >= 0.3 is 0 Å². The lowest BCUT2D eigenvalue weighted by Gasteiger charge is -2.06. The quantitative estimate of drug-likeness (QED) is 0.426. The van der Waals surface area contributed by atoms with Crippen LogP contribution in [0.15, 0.2) is 53.5 Å². The van der Waals surface area contributed by atoms with E-state index in [4.69, 9.17) is 0 Å². The molecule has 3 heterocycles. The number of fused-ring (bicyclic) bond motifs is 1. The van der Waals surface area contributed by atoms with E-state index < -0.39 is 4.92 Å². The molecule has 4 aromatic rings. The second kappa shape index (κ2) is 5.25. The summed E-state index contributed by atoms with van der Waals surface area (Å²) in [5, 5.41) is 12.7. The first kappa shape index (κ1) is 13.5. The monoisotopic (exact) mass is 323 g/mol. The normalized spacial score (nSPS) is 11.0. The number of pyridine rings is 1. The third kappa shape index (κ3) is 2.25. The molecule has 0 radical (unpaired) electrons. The number of thiazole rings is 1. The summed E-state index contributed by atoms with van der Waals surface area (Å²) in [5.74, 6) is 1.22. The van der Waals surface area contributed by atoms with Gasteiger partial charge in [-0.05, 0) is 18.2 Å². The highest BCUT2D eigenvalue weighted by molar-refractivity contribution is 7.07. The topological polar surface area (TPSA) is 86.7 Å². The minimum Gasteiger partial charge on any atom is -0.275 e. The Morgan fingerprint density at radius 1 is 1.13 bits per heavy atom. The predicted octanol–water partition coefficient (Wildman–Crippen LogP) is 3.45. The third-order valence-electron chi connectivity index (χ3n) is 3.39. The molecular weight excluding hydrogens is 314 g/mol. The fraction of sp³-hybridized carbons (Fsp3) is 0. The number of hydrogen-bond acceptors (Lipinski definition) is 6. The smallest absolute Gasteiger partial charge is 0.275 e. The highest BCUT2D eigenvalue weighted by Crippen LogP contribution is 2.28. The number of hydrogen-bond donors (Lipinski definition) is 0. The first-order chi connectivity index (χ1) is 11.2. The van der Waals surface area contributed by atoms with Crippen molar-refractivity contribution < 1.29 is 4.92 Å². The lowest BCUT2D eigenvalue weighted by molar-refractivity contribution is -0.385. The second-order valence-electron chi connectivity index (χ2n) is 4.76. The van der Waals surface area contributed by atoms with Crippen molar-refractivity contribution in [3.05, 3.63) is 63.6 Å². The zero-order valence-electron chi connectivity index (χ0n) is 11.7. The maximum Gasteiger partial charge on any atom is 0.287 e. The Bertz CT molecular complexity index is 993. The molecule has 0 aliphatic carbocycles. The Kier molecular flexibility index (Phi) is 3.09. The van der Waals surface area contributed by atoms with Gasteiger partial charge in [0.2, 0.25) is 0 Å². The summed E-state index contributed by atoms with van der Waals surface area (Å²) in [6.45, 7) is 0. The number of rotatable bonds is 3. The Hall–Kier alpha value is -3.13. The van der Waals surface area contributed by atoms with Gasteiger partial charge in [0, 0.05) is 11.4 Å². The van der Waals surface area contributed by atoms with Crippen molar-refractivity contribution in [3.63, 3.8) is 0 Å². The summed E-state index contributed by atoms with van der Waals surface area (Å²) in [7, 11) is 0. The average molecular weight is 323 g/mol. The second-order valence-corrected chi connectivity index (χ2v) is 5.48. The first-order valence-electron chi connectivity index (χ1n) is 6.71. The van der Waals surface area contributed by atoms with Crippen LogP contribution in [0.5, 0.6) is 0 Å². The van der Waals surface area contributed by atoms with Gasteiger partial charge in [0.1, 0.15) is 17.7 Å². The molecule has 0 saturated heterocycles. The first-order valence-corrected chi connectivity index (χ1v) is 7.65. The molecule has 0 aliphatic rings. The van der Waals surface area contributed by atoms with Gasteiger partial charge in [-0.2, -0.15) is 0 Å². The lowest BCUT2D eigenvalue weighted by Crippen LogP contribution is -2.01. The van der Waals surface area contributed by atoms with Crippen LogP contribution in [-0.4, -0.2) is 24.4 Å². The fourth-order valence-corrected chi connectivity index (χ4v) is 2.90. The van der Waals surface area contributed by atoms with Crippen molar-refractivity contribution in [3.8, 4) is 17.3 Å². The van der Waals surface area contributed by atoms with Crippen LogP contribution in [0.4, 0.5) is 5.69 Å². The zero-order chi connectivity index (χ0) is 15.8. The van der Waals surface area contributed by atoms with Crippen LogP contribution in [0.3, 0.4) is 0 Å². The van der Waals surface area contributed by atoms with Gasteiger partial charge in [0.15, 0.2) is 5.82 Å². The highest BCUT2D eigenvalue weighted by Gasteiger charge is 2.17. The molecule has 0 saturated carbocycles. The van der Waals surface area contributed by atoms with Crippen molar-refractivity contribution in [2.75, 3.05) is 0 Å². The summed E-state index contributed by atoms with van der Waals surface area (Å²) >= 11 is 1.48. The summed E-state index contributed by atoms with van der Waals surface area (Å²) < 4.78 is 1.86. The molecule has 0 unspecified atom stereocenters. The van der Waals surface area contributed by atoms with E-state index in [9.17, 15) is 10.1 Å². The van der Waals surface area contributed by atoms with Crippen LogP contribution in [0, 0.1) is 10.1 Å². The molecule has 112 valence electrons. The Morgan fingerprint density at radius 2 is 2.00 bits per heavy atom. The standard InChI is InChI=1S/C15H9N5O2S/c21-20(22)10-5-6-14(16-7-10)19-13-4-2-1-3-11(13)18-15(19)12-8-23-9-17-12/h1-9H. The lowest BCUT2D eigenvalue weighted by atomic mass is 10.3. The van der Waals surface area contributed by atoms with Crippen molar-refractivity contribution in [1.29, 1.82) is 0 Å². The summed E-state index contributed by atoms with van der Waals surface area (Å²) in [6, 6.07) is 10.7. The Balaban J connectivity index is 1.97. The van der Waals surface area contributed by atoms with Gasteiger partial charge in [-0.25, -0.2) is 15.0 Å². The van der Waals surface area contributed by atoms with E-state index in [0.29, 0.717) is 11.6 Å². The highest BCUT2D eigenvalue weighted by atomic mass is 32.1. The molecule has 0 N–H and O–H groups in total. The van der Waals surface area contributed by atoms with Gasteiger partial charge in [-0.15, -0.1) is 11.3 Å². The summed E-state index contributed by atoms with van der Waals surface area (Å²) in [6.07, 6.45) is 1.24. The Morgan fingerprint density at radius 3 is 2.70 bits per heavy atom. The molecule has 4 rings (SSSR count). The molecule has 7 nitrogen and oxygen atoms in total. The van der Waals surface area contributed by atoms with Crippen LogP contribution in [-0.2, 0) is 0 Å². The minimum atomic E-state index is -0.468. The number of nitro groups is 1. The van der Waals surface area contributed by atoms with Gasteiger partial charge in [0.05, 0.1) is 21.5 Å². The maximum absolute atomic E-state index is 10.8. The van der Waals surface area contributed by atoms with E-state index in [1.54, 1.807) is 11.6 Å². The van der Waals surface area contributed by atoms with Crippen LogP contribution >= 0.6 is 11.3 Å². The average Bonchev–Trinajstić information content (AvgIpc) is 3.22. The number of benzene rings is 1. The number of aromatic nitrogens is 4. The van der Waals surface area contributed by atoms with Gasteiger partial charge in [-0.3, -0.25) is 14.7 Å². The van der Waals surface area contributed by atoms with Crippen molar-refractivity contribution in [2.24, 2.45) is 0 Å². The van der Waals surface area contributed by atoms with Crippen molar-refractivity contribution >= 4 is 28.1 Å². The molecular formula is C15H9N5O2S. The molecule has 0 spiro atoms. The van der Waals surface area contributed by atoms with E-state index in [1.165, 1.54) is 23.6 Å². The van der Waals surface area contributed by atoms with E-state index in [2.05, 4.69) is 15.0 Å². The molecule has 1 aromatic carbocycles. The molecule has 0 aliphatic heterocycles. The van der Waals surface area contributed by atoms with Gasteiger partial charge in [-0.1, -0.05) is 12.1 Å². The third-order valence-corrected chi connectivity index (χ3v) is 3.98. The summed E-state index contributed by atoms with van der Waals surface area (Å²) in [4.78, 5) is 23.5. The molecule has 0 fully saturated rings. The SMILES string of the molecule is O=[N+]([O-])c1ccc(-n2c(-c3cscn3)nc3ccccc32)nc1. The van der Waals surface area contributed by atoms with Gasteiger partial charge < -0.3 is 0 Å². The predicted molar refractivity (Wildman–Crippen MR) is 86.6 cm³/mol. The van der Waals surface area contributed by atoms with Crippen molar-refractivity contribution in [1.82, 2.24) is 19.5 Å². The van der Waals surface area contributed by atoms with E-state index in [0.717, 1.165) is 16.7 Å². The van der Waals surface area contributed by atoms with E-state index in [-0.39, 0.29) is 5.69 Å². The molecule has 23 heavy (non-hydrogen) atoms. The number of nitrogens with zero attached hydrogens (tertiary/aromatic N) is 5. The molecule has 0 atom stereocenters. The molecule has 0 amide bonds. The summed E-state index contributed by atoms with van der Waals surface area (Å²) in [5.41, 5.74) is 4.12. The maximum atomic E-state index is 10.8. The fourth-order valence-electron chi connectivity index (χ4n) is 2.37. The number of imidazole rings is 1. The van der Waals surface area contributed by atoms with Crippen LogP contribution < -0.4 is 0 Å². The van der Waals surface area contributed by atoms with E-state index >= 15 is 0 Å². The van der Waals surface area contributed by atoms with Crippen LogP contribution in [0.25, 0.3) is 28.4 Å². The molecule has 0 bridgehead atoms. The van der Waals surface area contributed by atoms with Crippen LogP contribution in [0.2, 0.25) is 0 Å². The molecule has 8 heteroatoms. The minimum absolute atomic E-state index is 0.0478. The molecule has 3 aromatic heterocycles. The van der Waals surface area contributed by atoms with E-state index in [1.807, 2.05) is 34.2 Å². The Labute approximate surface area is 134 Å². The van der Waals surface area contributed by atoms with Crippen LogP contribution in [0.1, 0.15) is 0 Å².